The molecule has 1 aliphatic heterocycles. The second kappa shape index (κ2) is 7.72. The maximum Gasteiger partial charge on any atom is 0.233 e. The third-order valence-corrected chi connectivity index (χ3v) is 5.15. The maximum absolute atomic E-state index is 12.4. The summed E-state index contributed by atoms with van der Waals surface area (Å²) < 4.78 is 5.12. The molecule has 6 nitrogen and oxygen atoms in total. The molecular weight excluding hydrogens is 332 g/mol. The summed E-state index contributed by atoms with van der Waals surface area (Å²) in [7, 11) is 3.33. The standard InChI is InChI=1S/C20H24N2O4/c1-21(13-14-7-9-15(26-2)10-8-14)18(23)11-12-22-19(24)16-5-3-4-6-17(16)20(22)25/h3-4,7-10,16-17H,5-6,11-13H2,1-2H3/t16-,17-/m0/s1. The van der Waals surface area contributed by atoms with Crippen LogP contribution in [-0.4, -0.2) is 48.2 Å². The van der Waals surface area contributed by atoms with Crippen LogP contribution in [0.25, 0.3) is 0 Å². The summed E-state index contributed by atoms with van der Waals surface area (Å²) in [6, 6.07) is 7.53. The predicted molar refractivity (Wildman–Crippen MR) is 96.2 cm³/mol. The molecule has 0 unspecified atom stereocenters. The number of likely N-dealkylation sites (tertiary alicyclic amines) is 1. The van der Waals surface area contributed by atoms with Crippen LogP contribution in [0.2, 0.25) is 0 Å². The average molecular weight is 356 g/mol. The first-order valence-electron chi connectivity index (χ1n) is 8.88. The van der Waals surface area contributed by atoms with Gasteiger partial charge in [-0.15, -0.1) is 0 Å². The van der Waals surface area contributed by atoms with Crippen LogP contribution in [0.4, 0.5) is 0 Å². The van der Waals surface area contributed by atoms with Gasteiger partial charge in [0, 0.05) is 26.6 Å². The summed E-state index contributed by atoms with van der Waals surface area (Å²) >= 11 is 0. The lowest BCUT2D eigenvalue weighted by Crippen LogP contribution is -2.36. The Bertz CT molecular complexity index is 700. The van der Waals surface area contributed by atoms with E-state index in [0.717, 1.165) is 11.3 Å². The second-order valence-electron chi connectivity index (χ2n) is 6.83. The molecule has 1 heterocycles. The highest BCUT2D eigenvalue weighted by Gasteiger charge is 2.46. The van der Waals surface area contributed by atoms with Crippen molar-refractivity contribution in [1.29, 1.82) is 0 Å². The summed E-state index contributed by atoms with van der Waals surface area (Å²) in [5.41, 5.74) is 0.993. The lowest BCUT2D eigenvalue weighted by Gasteiger charge is -2.20. The minimum Gasteiger partial charge on any atom is -0.497 e. The molecule has 0 aromatic heterocycles. The van der Waals surface area contributed by atoms with Crippen LogP contribution in [0.5, 0.6) is 5.75 Å². The third-order valence-electron chi connectivity index (χ3n) is 5.15. The van der Waals surface area contributed by atoms with Gasteiger partial charge in [0.15, 0.2) is 0 Å². The first-order chi connectivity index (χ1) is 12.5. The molecule has 1 saturated heterocycles. The van der Waals surface area contributed by atoms with Crippen molar-refractivity contribution >= 4 is 17.7 Å². The smallest absolute Gasteiger partial charge is 0.233 e. The van der Waals surface area contributed by atoms with Crippen molar-refractivity contribution in [3.05, 3.63) is 42.0 Å². The Labute approximate surface area is 153 Å². The van der Waals surface area contributed by atoms with Crippen LogP contribution >= 0.6 is 0 Å². The van der Waals surface area contributed by atoms with Gasteiger partial charge in [0.25, 0.3) is 0 Å². The molecule has 0 radical (unpaired) electrons. The van der Waals surface area contributed by atoms with E-state index >= 15 is 0 Å². The number of fused-ring (bicyclic) bond motifs is 1. The van der Waals surface area contributed by atoms with Gasteiger partial charge in [-0.2, -0.15) is 0 Å². The van der Waals surface area contributed by atoms with Gasteiger partial charge < -0.3 is 9.64 Å². The quantitative estimate of drug-likeness (QED) is 0.578. The van der Waals surface area contributed by atoms with Gasteiger partial charge in [-0.25, -0.2) is 0 Å². The zero-order valence-electron chi connectivity index (χ0n) is 15.2. The predicted octanol–water partition coefficient (Wildman–Crippen LogP) is 1.99. The Balaban J connectivity index is 1.53. The van der Waals surface area contributed by atoms with Gasteiger partial charge in [0.05, 0.1) is 18.9 Å². The van der Waals surface area contributed by atoms with Gasteiger partial charge in [-0.1, -0.05) is 24.3 Å². The van der Waals surface area contributed by atoms with Crippen LogP contribution in [0, 0.1) is 11.8 Å². The molecule has 2 atom stereocenters. The first-order valence-corrected chi connectivity index (χ1v) is 8.88. The van der Waals surface area contributed by atoms with Crippen LogP contribution < -0.4 is 4.74 Å². The Morgan fingerprint density at radius 1 is 1.12 bits per heavy atom. The number of imide groups is 1. The number of allylic oxidation sites excluding steroid dienone is 2. The van der Waals surface area contributed by atoms with Gasteiger partial charge in [-0.3, -0.25) is 19.3 Å². The normalized spacial score (nSPS) is 21.7. The lowest BCUT2D eigenvalue weighted by atomic mass is 9.85. The monoisotopic (exact) mass is 356 g/mol. The fraction of sp³-hybridized carbons (Fsp3) is 0.450. The molecule has 0 bridgehead atoms. The van der Waals surface area contributed by atoms with Crippen LogP contribution in [0.3, 0.4) is 0 Å². The number of nitrogens with zero attached hydrogens (tertiary/aromatic N) is 2. The molecule has 0 spiro atoms. The van der Waals surface area contributed by atoms with Crippen molar-refractivity contribution < 1.29 is 19.1 Å². The van der Waals surface area contributed by atoms with Crippen molar-refractivity contribution in [2.24, 2.45) is 11.8 Å². The van der Waals surface area contributed by atoms with Gasteiger partial charge >= 0.3 is 0 Å². The number of amides is 3. The van der Waals surface area contributed by atoms with Crippen molar-refractivity contribution in [2.75, 3.05) is 20.7 Å². The molecule has 0 N–H and O–H groups in total. The Morgan fingerprint density at radius 3 is 2.23 bits per heavy atom. The molecule has 1 aromatic rings. The van der Waals surface area contributed by atoms with Crippen LogP contribution in [0.15, 0.2) is 36.4 Å². The molecule has 3 rings (SSSR count). The zero-order chi connectivity index (χ0) is 18.7. The largest absolute Gasteiger partial charge is 0.497 e. The Morgan fingerprint density at radius 2 is 1.69 bits per heavy atom. The molecule has 1 aromatic carbocycles. The molecule has 1 aliphatic carbocycles. The fourth-order valence-electron chi connectivity index (χ4n) is 3.58. The number of benzene rings is 1. The SMILES string of the molecule is COc1ccc(CN(C)C(=O)CCN2C(=O)[C@H]3CC=CC[C@@H]3C2=O)cc1. The van der Waals surface area contributed by atoms with E-state index < -0.39 is 0 Å². The van der Waals surface area contributed by atoms with E-state index in [9.17, 15) is 14.4 Å². The number of methoxy groups -OCH3 is 1. The molecule has 6 heteroatoms. The number of carbonyl (C=O) groups excluding carboxylic acids is 3. The van der Waals surface area contributed by atoms with Crippen molar-refractivity contribution in [3.63, 3.8) is 0 Å². The van der Waals surface area contributed by atoms with Gasteiger partial charge in [-0.05, 0) is 30.5 Å². The Hall–Kier alpha value is -2.63. The number of hydrogen-bond donors (Lipinski definition) is 0. The van der Waals surface area contributed by atoms with Crippen molar-refractivity contribution in [1.82, 2.24) is 9.80 Å². The maximum atomic E-state index is 12.4. The highest BCUT2D eigenvalue weighted by molar-refractivity contribution is 6.05. The lowest BCUT2D eigenvalue weighted by molar-refractivity contribution is -0.140. The summed E-state index contributed by atoms with van der Waals surface area (Å²) in [6.45, 7) is 0.635. The van der Waals surface area contributed by atoms with E-state index in [0.29, 0.717) is 19.4 Å². The highest BCUT2D eigenvalue weighted by Crippen LogP contribution is 2.35. The third kappa shape index (κ3) is 3.64. The molecule has 138 valence electrons. The first kappa shape index (κ1) is 18.2. The Kier molecular flexibility index (Phi) is 5.40. The molecule has 3 amide bonds. The van der Waals surface area contributed by atoms with E-state index in [1.807, 2.05) is 36.4 Å². The minimum atomic E-state index is -0.236. The fourth-order valence-corrected chi connectivity index (χ4v) is 3.58. The topological polar surface area (TPSA) is 66.9 Å². The number of carbonyl (C=O) groups is 3. The van der Waals surface area contributed by atoms with E-state index in [2.05, 4.69) is 0 Å². The summed E-state index contributed by atoms with van der Waals surface area (Å²) in [6.07, 6.45) is 5.32. The summed E-state index contributed by atoms with van der Waals surface area (Å²) in [4.78, 5) is 40.1. The number of hydrogen-bond acceptors (Lipinski definition) is 4. The molecular formula is C20H24N2O4. The number of rotatable bonds is 6. The van der Waals surface area contributed by atoms with Gasteiger partial charge in [0.2, 0.25) is 17.7 Å². The van der Waals surface area contributed by atoms with Crippen LogP contribution in [-0.2, 0) is 20.9 Å². The highest BCUT2D eigenvalue weighted by atomic mass is 16.5. The van der Waals surface area contributed by atoms with E-state index in [1.165, 1.54) is 4.90 Å². The molecule has 1 fully saturated rings. The molecule has 26 heavy (non-hydrogen) atoms. The molecule has 2 aliphatic rings. The average Bonchev–Trinajstić information content (AvgIpc) is 2.91. The number of ether oxygens (including phenoxy) is 1. The van der Waals surface area contributed by atoms with Gasteiger partial charge in [0.1, 0.15) is 5.75 Å². The van der Waals surface area contributed by atoms with E-state index in [-0.39, 0.29) is 42.5 Å². The van der Waals surface area contributed by atoms with Crippen LogP contribution in [0.1, 0.15) is 24.8 Å². The van der Waals surface area contributed by atoms with E-state index in [1.54, 1.807) is 19.1 Å². The van der Waals surface area contributed by atoms with Crippen molar-refractivity contribution in [2.45, 2.75) is 25.8 Å². The van der Waals surface area contributed by atoms with Crippen molar-refractivity contribution in [3.8, 4) is 5.75 Å². The second-order valence-corrected chi connectivity index (χ2v) is 6.83. The molecule has 0 saturated carbocycles. The zero-order valence-corrected chi connectivity index (χ0v) is 15.2. The summed E-state index contributed by atoms with van der Waals surface area (Å²) in [5.74, 6) is -0.0525. The summed E-state index contributed by atoms with van der Waals surface area (Å²) in [5, 5.41) is 0. The van der Waals surface area contributed by atoms with E-state index in [4.69, 9.17) is 4.74 Å². The minimum absolute atomic E-state index is 0.0885.